The second-order valence-electron chi connectivity index (χ2n) is 3.62. The smallest absolute Gasteiger partial charge is 0.307 e. The van der Waals surface area contributed by atoms with Crippen LogP contribution in [0.5, 0.6) is 0 Å². The van der Waals surface area contributed by atoms with Crippen molar-refractivity contribution in [1.29, 1.82) is 0 Å². The van der Waals surface area contributed by atoms with Gasteiger partial charge >= 0.3 is 5.97 Å². The Bertz CT molecular complexity index is 241. The van der Waals surface area contributed by atoms with Crippen molar-refractivity contribution in [2.45, 2.75) is 13.8 Å². The first-order chi connectivity index (χ1) is 5.37. The number of carbonyl (C=O) groups is 1. The fraction of sp³-hybridized carbons (Fsp3) is 0.625. The summed E-state index contributed by atoms with van der Waals surface area (Å²) in [6.07, 6.45) is 1.60. The Balaban J connectivity index is 2.73. The van der Waals surface area contributed by atoms with Crippen LogP contribution in [0.4, 0.5) is 0 Å². The molecule has 0 bridgehead atoms. The zero-order valence-corrected chi connectivity index (χ0v) is 8.36. The van der Waals surface area contributed by atoms with Gasteiger partial charge in [-0.05, 0) is 17.4 Å². The van der Waals surface area contributed by atoms with Crippen LogP contribution in [0, 0.1) is 17.3 Å². The highest BCUT2D eigenvalue weighted by Crippen LogP contribution is 2.59. The number of hydrogen-bond acceptors (Lipinski definition) is 1. The predicted molar refractivity (Wildman–Crippen MR) is 48.2 cm³/mol. The Labute approximate surface area is 81.2 Å². The lowest BCUT2D eigenvalue weighted by atomic mass is 10.1. The molecule has 0 spiro atoms. The minimum absolute atomic E-state index is 0.0278. The molecule has 1 N–H and O–H groups in total. The lowest BCUT2D eigenvalue weighted by Crippen LogP contribution is -2.02. The maximum atomic E-state index is 10.7. The standard InChI is InChI=1S/C8H10Cl2O2/c1-8(2)4(3-5(9)10)6(8)7(11)12/h3-4,6H,1-2H3,(H,11,12). The predicted octanol–water partition coefficient (Wildman–Crippen LogP) is 2.66. The molecule has 12 heavy (non-hydrogen) atoms. The van der Waals surface area contributed by atoms with E-state index in [9.17, 15) is 4.79 Å². The van der Waals surface area contributed by atoms with E-state index in [1.165, 1.54) is 0 Å². The average Bonchev–Trinajstić information content (AvgIpc) is 2.32. The van der Waals surface area contributed by atoms with Crippen molar-refractivity contribution in [3.05, 3.63) is 10.6 Å². The Morgan fingerprint density at radius 2 is 2.00 bits per heavy atom. The highest BCUT2D eigenvalue weighted by Gasteiger charge is 2.60. The number of halogens is 2. The van der Waals surface area contributed by atoms with E-state index in [4.69, 9.17) is 28.3 Å². The van der Waals surface area contributed by atoms with Gasteiger partial charge < -0.3 is 5.11 Å². The van der Waals surface area contributed by atoms with Gasteiger partial charge in [-0.2, -0.15) is 0 Å². The molecular weight excluding hydrogens is 199 g/mol. The molecule has 0 aromatic heterocycles. The van der Waals surface area contributed by atoms with Crippen LogP contribution < -0.4 is 0 Å². The number of rotatable bonds is 2. The van der Waals surface area contributed by atoms with E-state index in [1.807, 2.05) is 13.8 Å². The molecule has 0 heterocycles. The van der Waals surface area contributed by atoms with Crippen molar-refractivity contribution in [3.63, 3.8) is 0 Å². The zero-order chi connectivity index (χ0) is 9.52. The van der Waals surface area contributed by atoms with Gasteiger partial charge in [0.2, 0.25) is 0 Å². The second-order valence-corrected chi connectivity index (χ2v) is 4.63. The molecule has 1 saturated carbocycles. The third-order valence-electron chi connectivity index (χ3n) is 2.48. The van der Waals surface area contributed by atoms with Crippen LogP contribution in [0.1, 0.15) is 13.8 Å². The summed E-state index contributed by atoms with van der Waals surface area (Å²) >= 11 is 10.9. The van der Waals surface area contributed by atoms with E-state index in [-0.39, 0.29) is 21.7 Å². The summed E-state index contributed by atoms with van der Waals surface area (Å²) in [4.78, 5) is 10.7. The van der Waals surface area contributed by atoms with Gasteiger partial charge in [0.15, 0.2) is 0 Å². The summed E-state index contributed by atoms with van der Waals surface area (Å²) in [6, 6.07) is 0. The van der Waals surface area contributed by atoms with E-state index in [0.717, 1.165) is 0 Å². The number of hydrogen-bond donors (Lipinski definition) is 1. The van der Waals surface area contributed by atoms with Gasteiger partial charge in [-0.25, -0.2) is 0 Å². The summed E-state index contributed by atoms with van der Waals surface area (Å²) in [7, 11) is 0. The molecule has 0 radical (unpaired) electrons. The highest BCUT2D eigenvalue weighted by atomic mass is 35.5. The molecule has 1 aliphatic carbocycles. The first-order valence-corrected chi connectivity index (χ1v) is 4.38. The molecule has 1 fully saturated rings. The number of carboxylic acid groups (broad SMARTS) is 1. The van der Waals surface area contributed by atoms with Gasteiger partial charge in [0.05, 0.1) is 5.92 Å². The molecule has 2 unspecified atom stereocenters. The highest BCUT2D eigenvalue weighted by molar-refractivity contribution is 6.55. The van der Waals surface area contributed by atoms with Crippen molar-refractivity contribution in [3.8, 4) is 0 Å². The van der Waals surface area contributed by atoms with Crippen LogP contribution in [0.2, 0.25) is 0 Å². The van der Waals surface area contributed by atoms with Crippen molar-refractivity contribution < 1.29 is 9.90 Å². The quantitative estimate of drug-likeness (QED) is 0.758. The third-order valence-corrected chi connectivity index (χ3v) is 2.73. The van der Waals surface area contributed by atoms with Crippen LogP contribution in [0.25, 0.3) is 0 Å². The molecule has 2 nitrogen and oxygen atoms in total. The number of aliphatic carboxylic acids is 1. The molecular formula is C8H10Cl2O2. The first kappa shape index (κ1) is 9.87. The van der Waals surface area contributed by atoms with Crippen LogP contribution in [0.3, 0.4) is 0 Å². The van der Waals surface area contributed by atoms with Crippen LogP contribution in [-0.4, -0.2) is 11.1 Å². The SMILES string of the molecule is CC1(C)C(C=C(Cl)Cl)C1C(=O)O. The maximum absolute atomic E-state index is 10.7. The lowest BCUT2D eigenvalue weighted by molar-refractivity contribution is -0.139. The molecule has 1 aliphatic rings. The van der Waals surface area contributed by atoms with Crippen LogP contribution >= 0.6 is 23.2 Å². The third kappa shape index (κ3) is 1.59. The Hall–Kier alpha value is -0.210. The monoisotopic (exact) mass is 208 g/mol. The van der Waals surface area contributed by atoms with Crippen molar-refractivity contribution in [1.82, 2.24) is 0 Å². The average molecular weight is 209 g/mol. The normalized spacial score (nSPS) is 31.0. The fourth-order valence-corrected chi connectivity index (χ4v) is 1.87. The van der Waals surface area contributed by atoms with E-state index in [2.05, 4.69) is 0 Å². The molecule has 2 atom stereocenters. The van der Waals surface area contributed by atoms with Gasteiger partial charge in [0, 0.05) is 0 Å². The Morgan fingerprint density at radius 1 is 1.50 bits per heavy atom. The molecule has 68 valence electrons. The Morgan fingerprint density at radius 3 is 2.25 bits per heavy atom. The molecule has 0 aliphatic heterocycles. The van der Waals surface area contributed by atoms with Crippen LogP contribution in [-0.2, 0) is 4.79 Å². The summed E-state index contributed by atoms with van der Waals surface area (Å²) in [5.41, 5.74) is -0.207. The maximum Gasteiger partial charge on any atom is 0.307 e. The molecule has 0 amide bonds. The van der Waals surface area contributed by atoms with Crippen molar-refractivity contribution in [2.75, 3.05) is 0 Å². The van der Waals surface area contributed by atoms with E-state index in [1.54, 1.807) is 6.08 Å². The van der Waals surface area contributed by atoms with Gasteiger partial charge in [0.1, 0.15) is 4.49 Å². The minimum atomic E-state index is -0.782. The summed E-state index contributed by atoms with van der Waals surface area (Å²) in [6.45, 7) is 3.79. The molecule has 0 aromatic rings. The summed E-state index contributed by atoms with van der Waals surface area (Å²) in [5.74, 6) is -1.15. The van der Waals surface area contributed by atoms with Crippen LogP contribution in [0.15, 0.2) is 10.6 Å². The first-order valence-electron chi connectivity index (χ1n) is 3.63. The topological polar surface area (TPSA) is 37.3 Å². The van der Waals surface area contributed by atoms with Gasteiger partial charge in [0.25, 0.3) is 0 Å². The van der Waals surface area contributed by atoms with E-state index in [0.29, 0.717) is 0 Å². The fourth-order valence-electron chi connectivity index (χ4n) is 1.60. The van der Waals surface area contributed by atoms with E-state index < -0.39 is 5.97 Å². The van der Waals surface area contributed by atoms with E-state index >= 15 is 0 Å². The molecule has 4 heteroatoms. The minimum Gasteiger partial charge on any atom is -0.481 e. The molecule has 0 aromatic carbocycles. The van der Waals surface area contributed by atoms with Gasteiger partial charge in [-0.15, -0.1) is 0 Å². The Kier molecular flexibility index (Phi) is 2.41. The number of carboxylic acids is 1. The van der Waals surface area contributed by atoms with Gasteiger partial charge in [-0.3, -0.25) is 4.79 Å². The lowest BCUT2D eigenvalue weighted by Gasteiger charge is -1.96. The van der Waals surface area contributed by atoms with Crippen molar-refractivity contribution in [2.24, 2.45) is 17.3 Å². The van der Waals surface area contributed by atoms with Crippen molar-refractivity contribution >= 4 is 29.2 Å². The van der Waals surface area contributed by atoms with Gasteiger partial charge in [-0.1, -0.05) is 37.0 Å². The zero-order valence-electron chi connectivity index (χ0n) is 6.84. The summed E-state index contributed by atoms with van der Waals surface area (Å²) < 4.78 is 0.150. The molecule has 1 rings (SSSR count). The molecule has 0 saturated heterocycles. The number of allylic oxidation sites excluding steroid dienone is 1. The largest absolute Gasteiger partial charge is 0.481 e. The second kappa shape index (κ2) is 2.93. The summed E-state index contributed by atoms with van der Waals surface area (Å²) in [5, 5.41) is 8.76.